The predicted molar refractivity (Wildman–Crippen MR) is 87.6 cm³/mol. The van der Waals surface area contributed by atoms with Crippen LogP contribution >= 0.6 is 15.9 Å². The van der Waals surface area contributed by atoms with Gasteiger partial charge in [-0.25, -0.2) is 4.39 Å². The van der Waals surface area contributed by atoms with E-state index in [4.69, 9.17) is 0 Å². The summed E-state index contributed by atoms with van der Waals surface area (Å²) in [6.07, 6.45) is 1.51. The average Bonchev–Trinajstić information content (AvgIpc) is 2.97. The summed E-state index contributed by atoms with van der Waals surface area (Å²) in [5, 5.41) is 10.3. The van der Waals surface area contributed by atoms with Crippen molar-refractivity contribution >= 4 is 27.8 Å². The van der Waals surface area contributed by atoms with Gasteiger partial charge in [-0.3, -0.25) is 14.7 Å². The van der Waals surface area contributed by atoms with Crippen LogP contribution in [0.25, 0.3) is 0 Å². The summed E-state index contributed by atoms with van der Waals surface area (Å²) in [5.41, 5.74) is 0.977. The third-order valence-electron chi connectivity index (χ3n) is 3.21. The van der Waals surface area contributed by atoms with Gasteiger partial charge in [-0.15, -0.1) is 10.2 Å². The minimum Gasteiger partial charge on any atom is -0.295 e. The van der Waals surface area contributed by atoms with Gasteiger partial charge in [0.15, 0.2) is 0 Å². The Morgan fingerprint density at radius 2 is 2.00 bits per heavy atom. The third-order valence-corrected chi connectivity index (χ3v) is 3.70. The zero-order valence-electron chi connectivity index (χ0n) is 11.9. The number of aromatic nitrogens is 3. The van der Waals surface area contributed by atoms with Crippen LogP contribution in [0.3, 0.4) is 0 Å². The quantitative estimate of drug-likeness (QED) is 0.760. The first-order valence-corrected chi connectivity index (χ1v) is 7.61. The molecule has 1 amide bonds. The van der Waals surface area contributed by atoms with Crippen molar-refractivity contribution in [3.05, 3.63) is 76.3 Å². The van der Waals surface area contributed by atoms with Gasteiger partial charge in [0.2, 0.25) is 5.95 Å². The van der Waals surface area contributed by atoms with Crippen molar-refractivity contribution in [1.29, 1.82) is 0 Å². The summed E-state index contributed by atoms with van der Waals surface area (Å²) < 4.78 is 16.1. The van der Waals surface area contributed by atoms with Gasteiger partial charge in [0.25, 0.3) is 5.91 Å². The topological polar surface area (TPSA) is 59.8 Å². The SMILES string of the molecule is O=C(Nc1nncn1Cc1ccccc1)c1cc(Br)ccc1F. The number of nitrogens with one attached hydrogen (secondary N) is 1. The molecule has 5 nitrogen and oxygen atoms in total. The Morgan fingerprint density at radius 1 is 1.22 bits per heavy atom. The second kappa shape index (κ2) is 6.70. The van der Waals surface area contributed by atoms with Crippen LogP contribution in [0, 0.1) is 5.82 Å². The number of amides is 1. The highest BCUT2D eigenvalue weighted by Gasteiger charge is 2.15. The van der Waals surface area contributed by atoms with E-state index in [1.807, 2.05) is 30.3 Å². The molecule has 0 aliphatic carbocycles. The number of nitrogens with zero attached hydrogens (tertiary/aromatic N) is 3. The highest BCUT2D eigenvalue weighted by atomic mass is 79.9. The number of rotatable bonds is 4. The molecule has 0 radical (unpaired) electrons. The second-order valence-corrected chi connectivity index (χ2v) is 5.76. The fourth-order valence-electron chi connectivity index (χ4n) is 2.09. The molecule has 2 aromatic carbocycles. The molecular formula is C16H12BrFN4O. The Bertz CT molecular complexity index is 835. The van der Waals surface area contributed by atoms with Gasteiger partial charge >= 0.3 is 0 Å². The molecule has 1 aromatic heterocycles. The van der Waals surface area contributed by atoms with Gasteiger partial charge in [0, 0.05) is 4.47 Å². The molecule has 1 heterocycles. The van der Waals surface area contributed by atoms with E-state index in [0.29, 0.717) is 11.0 Å². The first-order chi connectivity index (χ1) is 11.1. The van der Waals surface area contributed by atoms with Crippen molar-refractivity contribution in [2.24, 2.45) is 0 Å². The molecule has 0 aliphatic heterocycles. The Kier molecular flexibility index (Phi) is 4.47. The molecule has 3 rings (SSSR count). The lowest BCUT2D eigenvalue weighted by molar-refractivity contribution is 0.102. The molecule has 7 heteroatoms. The molecule has 23 heavy (non-hydrogen) atoms. The van der Waals surface area contributed by atoms with Crippen molar-refractivity contribution in [3.63, 3.8) is 0 Å². The molecule has 0 atom stereocenters. The smallest absolute Gasteiger partial charge is 0.261 e. The minimum absolute atomic E-state index is 0.0614. The van der Waals surface area contributed by atoms with E-state index in [2.05, 4.69) is 31.4 Å². The highest BCUT2D eigenvalue weighted by Crippen LogP contribution is 2.17. The van der Waals surface area contributed by atoms with Gasteiger partial charge in [0.1, 0.15) is 12.1 Å². The van der Waals surface area contributed by atoms with E-state index in [1.165, 1.54) is 24.5 Å². The van der Waals surface area contributed by atoms with E-state index < -0.39 is 11.7 Å². The third kappa shape index (κ3) is 3.62. The Labute approximate surface area is 140 Å². The molecule has 3 aromatic rings. The maximum atomic E-state index is 13.8. The predicted octanol–water partition coefficient (Wildman–Crippen LogP) is 3.48. The summed E-state index contributed by atoms with van der Waals surface area (Å²) in [6.45, 7) is 0.504. The minimum atomic E-state index is -0.597. The van der Waals surface area contributed by atoms with Crippen molar-refractivity contribution < 1.29 is 9.18 Å². The Morgan fingerprint density at radius 3 is 2.78 bits per heavy atom. The normalized spacial score (nSPS) is 10.5. The largest absolute Gasteiger partial charge is 0.295 e. The number of anilines is 1. The summed E-state index contributed by atoms with van der Waals surface area (Å²) in [7, 11) is 0. The van der Waals surface area contributed by atoms with Gasteiger partial charge in [0.05, 0.1) is 12.1 Å². The number of benzene rings is 2. The molecule has 0 saturated carbocycles. The molecule has 0 bridgehead atoms. The Balaban J connectivity index is 1.80. The second-order valence-electron chi connectivity index (χ2n) is 4.85. The van der Waals surface area contributed by atoms with Crippen molar-refractivity contribution in [2.45, 2.75) is 6.54 Å². The van der Waals surface area contributed by atoms with Crippen LogP contribution in [0.4, 0.5) is 10.3 Å². The lowest BCUT2D eigenvalue weighted by atomic mass is 10.2. The zero-order chi connectivity index (χ0) is 16.2. The highest BCUT2D eigenvalue weighted by molar-refractivity contribution is 9.10. The molecule has 0 fully saturated rings. The maximum absolute atomic E-state index is 13.8. The van der Waals surface area contributed by atoms with E-state index in [1.54, 1.807) is 4.57 Å². The van der Waals surface area contributed by atoms with Crippen LogP contribution in [0.15, 0.2) is 59.3 Å². The number of carbonyl (C=O) groups is 1. The monoisotopic (exact) mass is 374 g/mol. The van der Waals surface area contributed by atoms with Crippen LogP contribution in [-0.4, -0.2) is 20.7 Å². The lowest BCUT2D eigenvalue weighted by Gasteiger charge is -2.08. The molecule has 116 valence electrons. The summed E-state index contributed by atoms with van der Waals surface area (Å²) >= 11 is 3.22. The zero-order valence-corrected chi connectivity index (χ0v) is 13.5. The van der Waals surface area contributed by atoms with Crippen molar-refractivity contribution in [2.75, 3.05) is 5.32 Å². The van der Waals surface area contributed by atoms with Crippen LogP contribution in [-0.2, 0) is 6.54 Å². The standard InChI is InChI=1S/C16H12BrFN4O/c17-12-6-7-14(18)13(8-12)15(23)20-16-21-19-10-22(16)9-11-4-2-1-3-5-11/h1-8,10H,9H2,(H,20,21,23). The van der Waals surface area contributed by atoms with Crippen molar-refractivity contribution in [3.8, 4) is 0 Å². The number of hydrogen-bond acceptors (Lipinski definition) is 3. The summed E-state index contributed by atoms with van der Waals surface area (Å²) in [4.78, 5) is 12.2. The van der Waals surface area contributed by atoms with Crippen LogP contribution in [0.2, 0.25) is 0 Å². The molecule has 0 spiro atoms. The van der Waals surface area contributed by atoms with E-state index >= 15 is 0 Å². The van der Waals surface area contributed by atoms with Gasteiger partial charge in [-0.05, 0) is 23.8 Å². The lowest BCUT2D eigenvalue weighted by Crippen LogP contribution is -2.17. The van der Waals surface area contributed by atoms with E-state index in [9.17, 15) is 9.18 Å². The number of hydrogen-bond donors (Lipinski definition) is 1. The summed E-state index contributed by atoms with van der Waals surface area (Å²) in [6, 6.07) is 13.9. The van der Waals surface area contributed by atoms with E-state index in [0.717, 1.165) is 5.56 Å². The first-order valence-electron chi connectivity index (χ1n) is 6.81. The number of halogens is 2. The summed E-state index contributed by atoms with van der Waals surface area (Å²) in [5.74, 6) is -0.913. The van der Waals surface area contributed by atoms with E-state index in [-0.39, 0.29) is 11.5 Å². The number of carbonyl (C=O) groups excluding carboxylic acids is 1. The van der Waals surface area contributed by atoms with Gasteiger partial charge < -0.3 is 0 Å². The molecule has 0 saturated heterocycles. The van der Waals surface area contributed by atoms with Crippen LogP contribution < -0.4 is 5.32 Å². The molecule has 0 aliphatic rings. The van der Waals surface area contributed by atoms with Crippen LogP contribution in [0.1, 0.15) is 15.9 Å². The molecular weight excluding hydrogens is 363 g/mol. The first kappa shape index (κ1) is 15.4. The molecule has 1 N–H and O–H groups in total. The maximum Gasteiger partial charge on any atom is 0.261 e. The fraction of sp³-hybridized carbons (Fsp3) is 0.0625. The fourth-order valence-corrected chi connectivity index (χ4v) is 2.45. The Hall–Kier alpha value is -2.54. The van der Waals surface area contributed by atoms with Gasteiger partial charge in [-0.2, -0.15) is 0 Å². The average molecular weight is 375 g/mol. The van der Waals surface area contributed by atoms with Crippen LogP contribution in [0.5, 0.6) is 0 Å². The molecule has 0 unspecified atom stereocenters. The van der Waals surface area contributed by atoms with Gasteiger partial charge in [-0.1, -0.05) is 46.3 Å². The van der Waals surface area contributed by atoms with Crippen molar-refractivity contribution in [1.82, 2.24) is 14.8 Å².